The maximum Gasteiger partial charge on any atom is 0.330 e. The normalized spacial score (nSPS) is 12.2. The lowest BCUT2D eigenvalue weighted by molar-refractivity contribution is -0.139. The van der Waals surface area contributed by atoms with Gasteiger partial charge in [-0.3, -0.25) is 0 Å². The van der Waals surface area contributed by atoms with E-state index in [0.29, 0.717) is 6.61 Å². The van der Waals surface area contributed by atoms with E-state index in [9.17, 15) is 4.79 Å². The van der Waals surface area contributed by atoms with Gasteiger partial charge in [-0.1, -0.05) is 26.3 Å². The Bertz CT molecular complexity index is 154. The van der Waals surface area contributed by atoms with Gasteiger partial charge in [0.05, 0.1) is 6.61 Å². The predicted molar refractivity (Wildman–Crippen MR) is 51.3 cm³/mol. The van der Waals surface area contributed by atoms with E-state index in [1.165, 1.54) is 0 Å². The minimum Gasteiger partial charge on any atom is -0.462 e. The highest BCUT2D eigenvalue weighted by atomic mass is 16.5. The van der Waals surface area contributed by atoms with E-state index in [2.05, 4.69) is 13.5 Å². The van der Waals surface area contributed by atoms with Crippen LogP contribution in [0.2, 0.25) is 0 Å². The van der Waals surface area contributed by atoms with E-state index >= 15 is 0 Å². The van der Waals surface area contributed by atoms with Crippen LogP contribution < -0.4 is 0 Å². The maximum absolute atomic E-state index is 10.7. The second kappa shape index (κ2) is 7.80. The molecule has 0 saturated carbocycles. The summed E-state index contributed by atoms with van der Waals surface area (Å²) < 4.78 is 4.82. The van der Waals surface area contributed by atoms with E-state index in [-0.39, 0.29) is 12.5 Å². The van der Waals surface area contributed by atoms with Gasteiger partial charge in [0.2, 0.25) is 0 Å². The molecule has 0 radical (unpaired) electrons. The first-order valence-electron chi connectivity index (χ1n) is 4.64. The third-order valence-electron chi connectivity index (χ3n) is 1.85. The number of unbranched alkanes of at least 4 members (excludes halogenated alkanes) is 1. The van der Waals surface area contributed by atoms with Crippen LogP contribution in [0.5, 0.6) is 0 Å². The molecule has 0 aromatic heterocycles. The molecule has 1 N–H and O–H groups in total. The van der Waals surface area contributed by atoms with Crippen molar-refractivity contribution in [3.05, 3.63) is 12.7 Å². The Morgan fingerprint density at radius 2 is 2.38 bits per heavy atom. The zero-order valence-electron chi connectivity index (χ0n) is 8.16. The van der Waals surface area contributed by atoms with Crippen molar-refractivity contribution in [2.45, 2.75) is 26.2 Å². The van der Waals surface area contributed by atoms with Crippen LogP contribution >= 0.6 is 0 Å². The molecule has 1 atom stereocenters. The molecule has 0 spiro atoms. The SMILES string of the molecule is C=CC(=O)OCC(CO)CCCC. The molecule has 0 bridgehead atoms. The fraction of sp³-hybridized carbons (Fsp3) is 0.700. The van der Waals surface area contributed by atoms with Crippen molar-refractivity contribution in [3.8, 4) is 0 Å². The Labute approximate surface area is 79.4 Å². The molecular formula is C10H18O3. The Kier molecular flexibility index (Phi) is 7.30. The zero-order chi connectivity index (χ0) is 10.1. The summed E-state index contributed by atoms with van der Waals surface area (Å²) in [5.74, 6) is -0.348. The quantitative estimate of drug-likeness (QED) is 0.484. The molecule has 3 nitrogen and oxygen atoms in total. The van der Waals surface area contributed by atoms with Gasteiger partial charge in [0, 0.05) is 18.6 Å². The van der Waals surface area contributed by atoms with Gasteiger partial charge >= 0.3 is 5.97 Å². The third kappa shape index (κ3) is 6.34. The van der Waals surface area contributed by atoms with Gasteiger partial charge in [-0.25, -0.2) is 4.79 Å². The van der Waals surface area contributed by atoms with Gasteiger partial charge in [-0.2, -0.15) is 0 Å². The lowest BCUT2D eigenvalue weighted by atomic mass is 10.0. The van der Waals surface area contributed by atoms with Crippen molar-refractivity contribution in [1.82, 2.24) is 0 Å². The molecule has 0 rings (SSSR count). The van der Waals surface area contributed by atoms with Crippen LogP contribution in [0.25, 0.3) is 0 Å². The van der Waals surface area contributed by atoms with Crippen molar-refractivity contribution in [1.29, 1.82) is 0 Å². The molecule has 0 aliphatic heterocycles. The Morgan fingerprint density at radius 1 is 1.69 bits per heavy atom. The molecule has 0 aliphatic carbocycles. The number of hydrogen-bond donors (Lipinski definition) is 1. The fourth-order valence-electron chi connectivity index (χ4n) is 0.979. The minimum absolute atomic E-state index is 0.0730. The first kappa shape index (κ1) is 12.2. The second-order valence-electron chi connectivity index (χ2n) is 3.02. The lowest BCUT2D eigenvalue weighted by Gasteiger charge is -2.12. The second-order valence-corrected chi connectivity index (χ2v) is 3.02. The molecule has 0 aromatic rings. The van der Waals surface area contributed by atoms with E-state index in [1.54, 1.807) is 0 Å². The summed E-state index contributed by atoms with van der Waals surface area (Å²) in [7, 11) is 0. The van der Waals surface area contributed by atoms with Gasteiger partial charge in [0.1, 0.15) is 0 Å². The third-order valence-corrected chi connectivity index (χ3v) is 1.85. The largest absolute Gasteiger partial charge is 0.462 e. The molecule has 0 fully saturated rings. The Hall–Kier alpha value is -0.830. The number of esters is 1. The van der Waals surface area contributed by atoms with Crippen LogP contribution in [0.4, 0.5) is 0 Å². The van der Waals surface area contributed by atoms with Crippen LogP contribution in [-0.4, -0.2) is 24.3 Å². The summed E-state index contributed by atoms with van der Waals surface area (Å²) in [5, 5.41) is 8.92. The molecule has 0 aliphatic rings. The molecule has 0 heterocycles. The Morgan fingerprint density at radius 3 is 2.85 bits per heavy atom. The fourth-order valence-corrected chi connectivity index (χ4v) is 0.979. The number of carbonyl (C=O) groups is 1. The number of hydrogen-bond acceptors (Lipinski definition) is 3. The van der Waals surface area contributed by atoms with E-state index < -0.39 is 5.97 Å². The smallest absolute Gasteiger partial charge is 0.330 e. The van der Waals surface area contributed by atoms with E-state index in [0.717, 1.165) is 25.3 Å². The van der Waals surface area contributed by atoms with Crippen molar-refractivity contribution in [2.75, 3.05) is 13.2 Å². The standard InChI is InChI=1S/C10H18O3/c1-3-5-6-9(7-11)8-13-10(12)4-2/h4,9,11H,2-3,5-8H2,1H3. The first-order valence-corrected chi connectivity index (χ1v) is 4.64. The lowest BCUT2D eigenvalue weighted by Crippen LogP contribution is -2.16. The first-order chi connectivity index (χ1) is 6.24. The summed E-state index contributed by atoms with van der Waals surface area (Å²) in [6, 6.07) is 0. The number of aliphatic hydroxyl groups excluding tert-OH is 1. The molecule has 0 aromatic carbocycles. The maximum atomic E-state index is 10.7. The Balaban J connectivity index is 3.58. The number of aliphatic hydroxyl groups is 1. The van der Waals surface area contributed by atoms with Gasteiger partial charge in [-0.15, -0.1) is 0 Å². The van der Waals surface area contributed by atoms with Crippen molar-refractivity contribution >= 4 is 5.97 Å². The summed E-state index contributed by atoms with van der Waals surface area (Å²) in [5.41, 5.74) is 0. The highest BCUT2D eigenvalue weighted by molar-refractivity contribution is 5.81. The highest BCUT2D eigenvalue weighted by Crippen LogP contribution is 2.08. The molecule has 13 heavy (non-hydrogen) atoms. The number of ether oxygens (including phenoxy) is 1. The van der Waals surface area contributed by atoms with Crippen molar-refractivity contribution in [3.63, 3.8) is 0 Å². The average molecular weight is 186 g/mol. The van der Waals surface area contributed by atoms with Crippen molar-refractivity contribution < 1.29 is 14.6 Å². The molecule has 3 heteroatoms. The topological polar surface area (TPSA) is 46.5 Å². The summed E-state index contributed by atoms with van der Waals surface area (Å²) in [4.78, 5) is 10.7. The molecular weight excluding hydrogens is 168 g/mol. The minimum atomic E-state index is -0.421. The van der Waals surface area contributed by atoms with E-state index in [1.807, 2.05) is 0 Å². The molecule has 0 amide bonds. The van der Waals surface area contributed by atoms with Gasteiger partial charge in [0.15, 0.2) is 0 Å². The predicted octanol–water partition coefficient (Wildman–Crippen LogP) is 1.51. The van der Waals surface area contributed by atoms with Crippen LogP contribution in [0, 0.1) is 5.92 Å². The molecule has 76 valence electrons. The van der Waals surface area contributed by atoms with E-state index in [4.69, 9.17) is 9.84 Å². The highest BCUT2D eigenvalue weighted by Gasteiger charge is 2.08. The van der Waals surface area contributed by atoms with Gasteiger partial charge in [0.25, 0.3) is 0 Å². The average Bonchev–Trinajstić information content (AvgIpc) is 2.17. The van der Waals surface area contributed by atoms with Crippen LogP contribution in [0.1, 0.15) is 26.2 Å². The van der Waals surface area contributed by atoms with Crippen LogP contribution in [0.15, 0.2) is 12.7 Å². The van der Waals surface area contributed by atoms with Crippen LogP contribution in [0.3, 0.4) is 0 Å². The van der Waals surface area contributed by atoms with Crippen molar-refractivity contribution in [2.24, 2.45) is 5.92 Å². The van der Waals surface area contributed by atoms with Gasteiger partial charge in [-0.05, 0) is 6.42 Å². The number of rotatable bonds is 7. The van der Waals surface area contributed by atoms with Gasteiger partial charge < -0.3 is 9.84 Å². The monoisotopic (exact) mass is 186 g/mol. The van der Waals surface area contributed by atoms with Crippen LogP contribution in [-0.2, 0) is 9.53 Å². The molecule has 0 saturated heterocycles. The zero-order valence-corrected chi connectivity index (χ0v) is 8.16. The summed E-state index contributed by atoms with van der Waals surface area (Å²) >= 11 is 0. The number of carbonyl (C=O) groups excluding carboxylic acids is 1. The summed E-state index contributed by atoms with van der Waals surface area (Å²) in [6.45, 7) is 5.74. The molecule has 1 unspecified atom stereocenters. The summed E-state index contributed by atoms with van der Waals surface area (Å²) in [6.07, 6.45) is 4.18.